The van der Waals surface area contributed by atoms with Crippen molar-refractivity contribution in [2.24, 2.45) is 17.8 Å². The Morgan fingerprint density at radius 3 is 2.89 bits per heavy atom. The summed E-state index contributed by atoms with van der Waals surface area (Å²) < 4.78 is 13.9. The van der Waals surface area contributed by atoms with E-state index < -0.39 is 5.82 Å². The van der Waals surface area contributed by atoms with Gasteiger partial charge >= 0.3 is 0 Å². The van der Waals surface area contributed by atoms with E-state index in [0.717, 1.165) is 19.3 Å². The normalized spacial score (nSPS) is 27.4. The van der Waals surface area contributed by atoms with Crippen LogP contribution in [0.4, 0.5) is 10.1 Å². The molecule has 1 saturated carbocycles. The average Bonchev–Trinajstić information content (AvgIpc) is 2.64. The van der Waals surface area contributed by atoms with Gasteiger partial charge in [0.25, 0.3) is 0 Å². The van der Waals surface area contributed by atoms with Crippen molar-refractivity contribution < 1.29 is 14.3 Å². The zero-order valence-electron chi connectivity index (χ0n) is 15.7. The van der Waals surface area contributed by atoms with E-state index in [1.54, 1.807) is 23.1 Å². The van der Waals surface area contributed by atoms with Crippen LogP contribution < -0.4 is 10.6 Å². The maximum Gasteiger partial charge on any atom is 0.225 e. The number of piperidine rings is 1. The Balaban J connectivity index is 1.65. The van der Waals surface area contributed by atoms with Gasteiger partial charge in [-0.15, -0.1) is 0 Å². The van der Waals surface area contributed by atoms with Gasteiger partial charge in [0.1, 0.15) is 5.82 Å². The summed E-state index contributed by atoms with van der Waals surface area (Å²) in [4.78, 5) is 14.3. The lowest BCUT2D eigenvalue weighted by molar-refractivity contribution is -0.130. The van der Waals surface area contributed by atoms with E-state index in [-0.39, 0.29) is 18.4 Å². The largest absolute Gasteiger partial charge is 0.395 e. The van der Waals surface area contributed by atoms with Gasteiger partial charge in [0, 0.05) is 19.1 Å². The number of rotatable bonds is 5. The third-order valence-electron chi connectivity index (χ3n) is 5.74. The molecular formula is C20H28FN3O2S. The molecule has 1 aromatic rings. The smallest absolute Gasteiger partial charge is 0.225 e. The average molecular weight is 394 g/mol. The predicted octanol–water partition coefficient (Wildman–Crippen LogP) is 2.76. The number of fused-ring (bicyclic) bond motifs is 1. The fourth-order valence-corrected chi connectivity index (χ4v) is 4.57. The summed E-state index contributed by atoms with van der Waals surface area (Å²) in [7, 11) is 0. The first kappa shape index (κ1) is 20.0. The summed E-state index contributed by atoms with van der Waals surface area (Å²) in [5, 5.41) is 15.8. The topological polar surface area (TPSA) is 64.6 Å². The van der Waals surface area contributed by atoms with E-state index in [1.807, 2.05) is 0 Å². The van der Waals surface area contributed by atoms with Gasteiger partial charge in [-0.2, -0.15) is 0 Å². The molecule has 1 aliphatic carbocycles. The Hall–Kier alpha value is -1.73. The molecule has 7 heteroatoms. The number of benzene rings is 1. The molecule has 2 aliphatic rings. The van der Waals surface area contributed by atoms with Crippen molar-refractivity contribution in [1.82, 2.24) is 10.2 Å². The molecule has 3 N–H and O–H groups in total. The number of nitrogens with one attached hydrogen (secondary N) is 2. The lowest BCUT2D eigenvalue weighted by atomic mass is 9.72. The minimum atomic E-state index is -0.391. The number of anilines is 1. The van der Waals surface area contributed by atoms with Gasteiger partial charge in [-0.25, -0.2) is 4.39 Å². The van der Waals surface area contributed by atoms with Gasteiger partial charge in [-0.3, -0.25) is 4.79 Å². The van der Waals surface area contributed by atoms with Crippen molar-refractivity contribution in [1.29, 1.82) is 0 Å². The summed E-state index contributed by atoms with van der Waals surface area (Å²) >= 11 is 5.43. The standard InChI is InChI=1S/C20H28FN3O2S/c1-13-6-7-17-14(10-13)11-15(19(26)22-17)12-24(8-9-25)20(27)23-18-5-3-2-4-16(18)21/h2-5,13-15,17,25H,6-12H2,1H3,(H,22,26)(H,23,27). The summed E-state index contributed by atoms with van der Waals surface area (Å²) in [5.41, 5.74) is 0.291. The minimum absolute atomic E-state index is 0.0578. The van der Waals surface area contributed by atoms with Crippen molar-refractivity contribution >= 4 is 28.9 Å². The van der Waals surface area contributed by atoms with E-state index >= 15 is 0 Å². The van der Waals surface area contributed by atoms with Crippen molar-refractivity contribution in [2.75, 3.05) is 25.0 Å². The molecule has 1 aliphatic heterocycles. The number of carbonyl (C=O) groups excluding carboxylic acids is 1. The predicted molar refractivity (Wildman–Crippen MR) is 108 cm³/mol. The number of aliphatic hydroxyl groups is 1. The number of nitrogens with zero attached hydrogens (tertiary/aromatic N) is 1. The molecule has 0 radical (unpaired) electrons. The van der Waals surface area contributed by atoms with Crippen molar-refractivity contribution in [3.8, 4) is 0 Å². The number of halogens is 1. The SMILES string of the molecule is CC1CCC2NC(=O)C(CN(CCO)C(=S)Nc3ccccc3F)CC2C1. The lowest BCUT2D eigenvalue weighted by Crippen LogP contribution is -2.54. The molecule has 0 spiro atoms. The van der Waals surface area contributed by atoms with Crippen LogP contribution in [0.5, 0.6) is 0 Å². The number of hydrogen-bond acceptors (Lipinski definition) is 3. The molecule has 4 unspecified atom stereocenters. The maximum atomic E-state index is 13.9. The van der Waals surface area contributed by atoms with E-state index in [0.29, 0.717) is 41.8 Å². The minimum Gasteiger partial charge on any atom is -0.395 e. The maximum absolute atomic E-state index is 13.9. The number of para-hydroxylation sites is 1. The lowest BCUT2D eigenvalue weighted by Gasteiger charge is -2.42. The van der Waals surface area contributed by atoms with Crippen LogP contribution in [0.1, 0.15) is 32.6 Å². The Morgan fingerprint density at radius 1 is 1.37 bits per heavy atom. The fourth-order valence-electron chi connectivity index (χ4n) is 4.30. The Labute approximate surface area is 165 Å². The number of hydrogen-bond donors (Lipinski definition) is 3. The van der Waals surface area contributed by atoms with Gasteiger partial charge in [0.2, 0.25) is 5.91 Å². The molecule has 2 fully saturated rings. The quantitative estimate of drug-likeness (QED) is 0.672. The summed E-state index contributed by atoms with van der Waals surface area (Å²) in [6.45, 7) is 2.91. The van der Waals surface area contributed by atoms with Crippen LogP contribution in [0, 0.1) is 23.6 Å². The molecule has 3 rings (SSSR count). The van der Waals surface area contributed by atoms with Crippen LogP contribution in [0.25, 0.3) is 0 Å². The first-order valence-corrected chi connectivity index (χ1v) is 10.1. The van der Waals surface area contributed by atoms with E-state index in [4.69, 9.17) is 12.2 Å². The van der Waals surface area contributed by atoms with E-state index in [1.165, 1.54) is 12.5 Å². The molecule has 4 atom stereocenters. The van der Waals surface area contributed by atoms with Crippen molar-refractivity contribution in [3.05, 3.63) is 30.1 Å². The van der Waals surface area contributed by atoms with Crippen molar-refractivity contribution in [3.63, 3.8) is 0 Å². The zero-order valence-corrected chi connectivity index (χ0v) is 16.5. The summed E-state index contributed by atoms with van der Waals surface area (Å²) in [6, 6.07) is 6.60. The highest BCUT2D eigenvalue weighted by atomic mass is 32.1. The first-order valence-electron chi connectivity index (χ1n) is 9.69. The molecule has 5 nitrogen and oxygen atoms in total. The van der Waals surface area contributed by atoms with E-state index in [9.17, 15) is 14.3 Å². The molecule has 1 aromatic carbocycles. The highest BCUT2D eigenvalue weighted by Gasteiger charge is 2.39. The van der Waals surface area contributed by atoms with Gasteiger partial charge in [-0.05, 0) is 61.9 Å². The molecular weight excluding hydrogens is 365 g/mol. The molecule has 1 amide bonds. The fraction of sp³-hybridized carbons (Fsp3) is 0.600. The van der Waals surface area contributed by atoms with Crippen LogP contribution in [0.2, 0.25) is 0 Å². The highest BCUT2D eigenvalue weighted by molar-refractivity contribution is 7.80. The monoisotopic (exact) mass is 393 g/mol. The second kappa shape index (κ2) is 8.97. The molecule has 1 saturated heterocycles. The Kier molecular flexibility index (Phi) is 6.65. The van der Waals surface area contributed by atoms with Crippen LogP contribution >= 0.6 is 12.2 Å². The number of aliphatic hydroxyl groups excluding tert-OH is 1. The van der Waals surface area contributed by atoms with Gasteiger partial charge < -0.3 is 20.6 Å². The third kappa shape index (κ3) is 4.96. The van der Waals surface area contributed by atoms with Gasteiger partial charge in [0.15, 0.2) is 5.11 Å². The van der Waals surface area contributed by atoms with Gasteiger partial charge in [0.05, 0.1) is 18.2 Å². The second-order valence-electron chi connectivity index (χ2n) is 7.81. The van der Waals surface area contributed by atoms with Crippen molar-refractivity contribution in [2.45, 2.75) is 38.6 Å². The summed E-state index contributed by atoms with van der Waals surface area (Å²) in [6.07, 6.45) is 4.20. The third-order valence-corrected chi connectivity index (χ3v) is 6.10. The number of amides is 1. The van der Waals surface area contributed by atoms with Crippen LogP contribution in [0.15, 0.2) is 24.3 Å². The molecule has 0 aromatic heterocycles. The number of thiocarbonyl (C=S) groups is 1. The highest BCUT2D eigenvalue weighted by Crippen LogP contribution is 2.36. The summed E-state index contributed by atoms with van der Waals surface area (Å²) in [5.74, 6) is 0.684. The Morgan fingerprint density at radius 2 is 2.15 bits per heavy atom. The Bertz CT molecular complexity index is 687. The molecule has 148 valence electrons. The first-order chi connectivity index (χ1) is 13.0. The second-order valence-corrected chi connectivity index (χ2v) is 8.19. The zero-order chi connectivity index (χ0) is 19.4. The van der Waals surface area contributed by atoms with Crippen LogP contribution in [0.3, 0.4) is 0 Å². The van der Waals surface area contributed by atoms with E-state index in [2.05, 4.69) is 17.6 Å². The van der Waals surface area contributed by atoms with Crippen LogP contribution in [-0.4, -0.2) is 46.8 Å². The molecule has 1 heterocycles. The number of carbonyl (C=O) groups is 1. The molecule has 0 bridgehead atoms. The van der Waals surface area contributed by atoms with Gasteiger partial charge in [-0.1, -0.05) is 19.1 Å². The van der Waals surface area contributed by atoms with Crippen LogP contribution in [-0.2, 0) is 4.79 Å². The molecule has 27 heavy (non-hydrogen) atoms.